The summed E-state index contributed by atoms with van der Waals surface area (Å²) in [6.07, 6.45) is 10.2. The summed E-state index contributed by atoms with van der Waals surface area (Å²) in [5.74, 6) is -0.804. The van der Waals surface area contributed by atoms with Gasteiger partial charge in [-0.1, -0.05) is 50.5 Å². The number of hydrogen-bond acceptors (Lipinski definition) is 5. The molecule has 1 heterocycles. The molecule has 0 aromatic heterocycles. The van der Waals surface area contributed by atoms with E-state index in [0.717, 1.165) is 25.7 Å². The van der Waals surface area contributed by atoms with Gasteiger partial charge in [0.25, 0.3) is 0 Å². The van der Waals surface area contributed by atoms with E-state index in [9.17, 15) is 20.1 Å². The first kappa shape index (κ1) is 22.8. The van der Waals surface area contributed by atoms with Crippen LogP contribution >= 0.6 is 0 Å². The number of carboxylic acids is 1. The summed E-state index contributed by atoms with van der Waals surface area (Å²) in [7, 11) is 0. The minimum absolute atomic E-state index is 0.145. The quantitative estimate of drug-likeness (QED) is 0.293. The van der Waals surface area contributed by atoms with E-state index < -0.39 is 30.4 Å². The van der Waals surface area contributed by atoms with Crippen molar-refractivity contribution in [3.05, 3.63) is 24.3 Å². The monoisotopic (exact) mass is 370 g/mol. The second kappa shape index (κ2) is 13.0. The van der Waals surface area contributed by atoms with Crippen LogP contribution in [0.4, 0.5) is 0 Å². The van der Waals surface area contributed by atoms with Crippen molar-refractivity contribution in [1.82, 2.24) is 0 Å². The highest BCUT2D eigenvalue weighted by Crippen LogP contribution is 2.27. The summed E-state index contributed by atoms with van der Waals surface area (Å²) in [5.41, 5.74) is 0. The molecule has 0 bridgehead atoms. The fourth-order valence-corrected chi connectivity index (χ4v) is 3.01. The molecular formula is C20H34O6. The number of carbonyl (C=O) groups is 1. The molecule has 6 heteroatoms. The molecule has 4 N–H and O–H groups in total. The minimum atomic E-state index is -0.852. The van der Waals surface area contributed by atoms with Crippen LogP contribution in [0.2, 0.25) is 0 Å². The molecule has 5 atom stereocenters. The van der Waals surface area contributed by atoms with Crippen LogP contribution in [0.3, 0.4) is 0 Å². The number of aliphatic hydroxyl groups is 3. The lowest BCUT2D eigenvalue weighted by Crippen LogP contribution is -2.25. The highest BCUT2D eigenvalue weighted by molar-refractivity contribution is 5.66. The molecule has 1 aliphatic rings. The highest BCUT2D eigenvalue weighted by Gasteiger charge is 2.36. The number of ether oxygens (including phenoxy) is 1. The highest BCUT2D eigenvalue weighted by atomic mass is 16.5. The van der Waals surface area contributed by atoms with Crippen molar-refractivity contribution in [2.45, 2.75) is 95.2 Å². The first-order chi connectivity index (χ1) is 12.4. The SMILES string of the molecule is CCCCC[C@H]1O[C@@H]([C@@H](O)/C=C\[C@@H](O)C/C=C\CCCC(=O)O)C[C@@H]1O. The Balaban J connectivity index is 2.27. The van der Waals surface area contributed by atoms with E-state index in [1.165, 1.54) is 12.2 Å². The summed E-state index contributed by atoms with van der Waals surface area (Å²) in [6.45, 7) is 2.12. The molecule has 0 radical (unpaired) electrons. The lowest BCUT2D eigenvalue weighted by atomic mass is 10.0. The van der Waals surface area contributed by atoms with Crippen molar-refractivity contribution >= 4 is 5.97 Å². The molecule has 0 aliphatic carbocycles. The predicted molar refractivity (Wildman–Crippen MR) is 99.8 cm³/mol. The number of carboxylic acid groups (broad SMARTS) is 1. The summed E-state index contributed by atoms with van der Waals surface area (Å²) >= 11 is 0. The van der Waals surface area contributed by atoms with Gasteiger partial charge in [0.05, 0.1) is 30.5 Å². The second-order valence-electron chi connectivity index (χ2n) is 6.95. The Bertz CT molecular complexity index is 448. The average Bonchev–Trinajstić information content (AvgIpc) is 2.97. The van der Waals surface area contributed by atoms with Crippen molar-refractivity contribution in [2.24, 2.45) is 0 Å². The second-order valence-corrected chi connectivity index (χ2v) is 6.95. The number of rotatable bonds is 13. The number of aliphatic hydroxyl groups excluding tert-OH is 3. The zero-order valence-electron chi connectivity index (χ0n) is 15.7. The van der Waals surface area contributed by atoms with Gasteiger partial charge in [-0.25, -0.2) is 0 Å². The van der Waals surface area contributed by atoms with Crippen molar-refractivity contribution in [3.8, 4) is 0 Å². The molecule has 150 valence electrons. The van der Waals surface area contributed by atoms with E-state index in [2.05, 4.69) is 6.92 Å². The smallest absolute Gasteiger partial charge is 0.303 e. The van der Waals surface area contributed by atoms with Crippen molar-refractivity contribution in [3.63, 3.8) is 0 Å². The van der Waals surface area contributed by atoms with Gasteiger partial charge in [-0.05, 0) is 25.7 Å². The van der Waals surface area contributed by atoms with Gasteiger partial charge >= 0.3 is 5.97 Å². The van der Waals surface area contributed by atoms with Crippen molar-refractivity contribution < 1.29 is 30.0 Å². The van der Waals surface area contributed by atoms with Crippen LogP contribution in [0.15, 0.2) is 24.3 Å². The van der Waals surface area contributed by atoms with Crippen molar-refractivity contribution in [1.29, 1.82) is 0 Å². The third-order valence-electron chi connectivity index (χ3n) is 4.56. The van der Waals surface area contributed by atoms with Gasteiger partial charge in [0.2, 0.25) is 0 Å². The third-order valence-corrected chi connectivity index (χ3v) is 4.56. The topological polar surface area (TPSA) is 107 Å². The van der Waals surface area contributed by atoms with Crippen LogP contribution in [0.5, 0.6) is 0 Å². The Labute approximate surface area is 156 Å². The first-order valence-corrected chi connectivity index (χ1v) is 9.68. The molecule has 1 fully saturated rings. The molecule has 26 heavy (non-hydrogen) atoms. The lowest BCUT2D eigenvalue weighted by molar-refractivity contribution is -0.137. The Morgan fingerprint density at radius 1 is 1.19 bits per heavy atom. The predicted octanol–water partition coefficient (Wildman–Crippen LogP) is 2.56. The number of unbranched alkanes of at least 4 members (excludes halogenated alkanes) is 3. The number of aliphatic carboxylic acids is 1. The van der Waals surface area contributed by atoms with Crippen LogP contribution in [0.1, 0.15) is 64.7 Å². The van der Waals surface area contributed by atoms with Crippen molar-refractivity contribution in [2.75, 3.05) is 0 Å². The van der Waals surface area contributed by atoms with Crippen LogP contribution < -0.4 is 0 Å². The summed E-state index contributed by atoms with van der Waals surface area (Å²) in [4.78, 5) is 10.4. The summed E-state index contributed by atoms with van der Waals surface area (Å²) in [6, 6.07) is 0. The zero-order chi connectivity index (χ0) is 19.4. The normalized spacial score (nSPS) is 25.9. The van der Waals surface area contributed by atoms with Crippen LogP contribution in [-0.2, 0) is 9.53 Å². The Hall–Kier alpha value is -1.21. The maximum absolute atomic E-state index is 10.4. The third kappa shape index (κ3) is 9.48. The van der Waals surface area contributed by atoms with E-state index in [1.807, 2.05) is 12.2 Å². The molecule has 0 unspecified atom stereocenters. The molecule has 1 rings (SSSR count). The molecule has 0 saturated carbocycles. The maximum Gasteiger partial charge on any atom is 0.303 e. The van der Waals surface area contributed by atoms with Gasteiger partial charge in [-0.15, -0.1) is 0 Å². The number of hydrogen-bond donors (Lipinski definition) is 4. The molecule has 6 nitrogen and oxygen atoms in total. The van der Waals surface area contributed by atoms with E-state index in [-0.39, 0.29) is 12.5 Å². The molecule has 1 aliphatic heterocycles. The first-order valence-electron chi connectivity index (χ1n) is 9.68. The van der Waals surface area contributed by atoms with Gasteiger partial charge in [0.1, 0.15) is 0 Å². The summed E-state index contributed by atoms with van der Waals surface area (Å²) < 4.78 is 5.76. The van der Waals surface area contributed by atoms with Crippen LogP contribution in [0, 0.1) is 0 Å². The largest absolute Gasteiger partial charge is 0.481 e. The van der Waals surface area contributed by atoms with E-state index in [1.54, 1.807) is 0 Å². The Morgan fingerprint density at radius 3 is 2.65 bits per heavy atom. The van der Waals surface area contributed by atoms with E-state index in [4.69, 9.17) is 9.84 Å². The minimum Gasteiger partial charge on any atom is -0.481 e. The van der Waals surface area contributed by atoms with Gasteiger partial charge in [-0.2, -0.15) is 0 Å². The van der Waals surface area contributed by atoms with E-state index in [0.29, 0.717) is 25.7 Å². The lowest BCUT2D eigenvalue weighted by Gasteiger charge is -2.17. The standard InChI is InChI=1S/C20H34O6/c1-2-3-6-10-18-17(23)14-19(26-18)16(22)13-12-15(21)9-7-4-5-8-11-20(24)25/h4,7,12-13,15-19,21-23H,2-3,5-6,8-11,14H2,1H3,(H,24,25)/b7-4-,13-12-/t15-,16-,17-,18+,19+/m0/s1. The zero-order valence-corrected chi connectivity index (χ0v) is 15.7. The molecule has 0 amide bonds. The van der Waals surface area contributed by atoms with Gasteiger partial charge in [0, 0.05) is 12.8 Å². The fourth-order valence-electron chi connectivity index (χ4n) is 3.01. The van der Waals surface area contributed by atoms with Gasteiger partial charge in [0.15, 0.2) is 0 Å². The van der Waals surface area contributed by atoms with Crippen LogP contribution in [0.25, 0.3) is 0 Å². The van der Waals surface area contributed by atoms with Gasteiger partial charge in [-0.3, -0.25) is 4.79 Å². The fraction of sp³-hybridized carbons (Fsp3) is 0.750. The van der Waals surface area contributed by atoms with E-state index >= 15 is 0 Å². The number of allylic oxidation sites excluding steroid dienone is 1. The molecule has 0 aromatic carbocycles. The maximum atomic E-state index is 10.4. The molecule has 1 saturated heterocycles. The molecule has 0 aromatic rings. The summed E-state index contributed by atoms with van der Waals surface area (Å²) in [5, 5.41) is 38.7. The van der Waals surface area contributed by atoms with Crippen LogP contribution in [-0.4, -0.2) is 56.9 Å². The molecular weight excluding hydrogens is 336 g/mol. The Kier molecular flexibility index (Phi) is 11.4. The molecule has 0 spiro atoms. The van der Waals surface area contributed by atoms with Gasteiger partial charge < -0.3 is 25.2 Å². The Morgan fingerprint density at radius 2 is 1.96 bits per heavy atom. The average molecular weight is 370 g/mol.